The molecule has 0 atom stereocenters. The summed E-state index contributed by atoms with van der Waals surface area (Å²) in [6.07, 6.45) is 1.76. The Balaban J connectivity index is 2.92. The highest BCUT2D eigenvalue weighted by molar-refractivity contribution is 9.28. The molecule has 6 heteroatoms. The quantitative estimate of drug-likeness (QED) is 0.616. The summed E-state index contributed by atoms with van der Waals surface area (Å²) in [5.41, 5.74) is 0. The minimum absolute atomic E-state index is 0.155. The Morgan fingerprint density at radius 2 is 2.25 bits per heavy atom. The summed E-state index contributed by atoms with van der Waals surface area (Å²) < 4.78 is 0.770. The zero-order valence-corrected chi connectivity index (χ0v) is 9.65. The molecule has 0 aliphatic rings. The molecule has 1 aromatic heterocycles. The number of nitrogens with zero attached hydrogens (tertiary/aromatic N) is 1. The molecule has 0 saturated carbocycles. The Morgan fingerprint density at radius 3 is 2.67 bits per heavy atom. The number of nitro groups is 1. The van der Waals surface area contributed by atoms with Gasteiger partial charge in [0, 0.05) is 10.9 Å². The number of thiophene rings is 1. The molecule has 0 radical (unpaired) electrons. The van der Waals surface area contributed by atoms with Crippen LogP contribution in [0.25, 0.3) is 6.08 Å². The highest BCUT2D eigenvalue weighted by atomic mass is 79.9. The van der Waals surface area contributed by atoms with Gasteiger partial charge in [0.2, 0.25) is 0 Å². The summed E-state index contributed by atoms with van der Waals surface area (Å²) in [4.78, 5) is 10.7. The smallest absolute Gasteiger partial charge is 0.258 e. The summed E-state index contributed by atoms with van der Waals surface area (Å²) in [5, 5.41) is 10.4. The van der Waals surface area contributed by atoms with E-state index in [1.807, 2.05) is 0 Å². The van der Waals surface area contributed by atoms with Crippen LogP contribution in [0.2, 0.25) is 0 Å². The molecule has 0 unspecified atom stereocenters. The Labute approximate surface area is 89.5 Å². The Bertz CT molecular complexity index is 330. The summed E-state index contributed by atoms with van der Waals surface area (Å²) in [7, 11) is 0. The van der Waals surface area contributed by atoms with E-state index in [0.717, 1.165) is 19.6 Å². The normalized spacial score (nSPS) is 9.50. The fourth-order valence-electron chi connectivity index (χ4n) is 0.625. The van der Waals surface area contributed by atoms with Crippen LogP contribution in [0.1, 0.15) is 4.88 Å². The molecule has 0 amide bonds. The second-order valence-corrected chi connectivity index (χ2v) is 5.73. The third-order valence-electron chi connectivity index (χ3n) is 1.04. The van der Waals surface area contributed by atoms with Crippen LogP contribution in [0, 0.1) is 10.1 Å². The fourth-order valence-corrected chi connectivity index (χ4v) is 2.19. The van der Waals surface area contributed by atoms with E-state index in [2.05, 4.69) is 31.9 Å². The van der Waals surface area contributed by atoms with Gasteiger partial charge in [-0.05, 0) is 44.0 Å². The lowest BCUT2D eigenvalue weighted by Gasteiger charge is -1.82. The molecule has 1 aromatic rings. The maximum absolute atomic E-state index is 10.3. The van der Waals surface area contributed by atoms with E-state index >= 15 is 0 Å². The van der Waals surface area contributed by atoms with Gasteiger partial charge in [-0.15, -0.1) is 0 Å². The molecule has 0 saturated heterocycles. The van der Waals surface area contributed by atoms with Gasteiger partial charge in [-0.3, -0.25) is 10.1 Å². The second kappa shape index (κ2) is 4.15. The minimum atomic E-state index is -0.399. The molecular formula is C6H3Br2NO2S. The molecule has 0 bridgehead atoms. The Morgan fingerprint density at radius 1 is 1.58 bits per heavy atom. The molecule has 1 rings (SSSR count). The summed E-state index contributed by atoms with van der Waals surface area (Å²) in [5.74, 6) is 0. The van der Waals surface area contributed by atoms with Crippen LogP contribution < -0.4 is 0 Å². The van der Waals surface area contributed by atoms with Crippen LogP contribution in [0.3, 0.4) is 0 Å². The largest absolute Gasteiger partial charge is 0.324 e. The zero-order valence-electron chi connectivity index (χ0n) is 5.66. The van der Waals surface area contributed by atoms with Gasteiger partial charge in [0.1, 0.15) is 0 Å². The van der Waals surface area contributed by atoms with E-state index < -0.39 is 4.92 Å². The van der Waals surface area contributed by atoms with Crippen molar-refractivity contribution in [2.75, 3.05) is 0 Å². The number of hydrogen-bond acceptors (Lipinski definition) is 3. The van der Waals surface area contributed by atoms with Crippen molar-refractivity contribution >= 4 is 54.3 Å². The lowest BCUT2D eigenvalue weighted by atomic mass is 10.5. The molecule has 64 valence electrons. The van der Waals surface area contributed by atoms with Crippen LogP contribution in [0.15, 0.2) is 15.5 Å². The first-order valence-electron chi connectivity index (χ1n) is 2.86. The van der Waals surface area contributed by atoms with Gasteiger partial charge in [0.05, 0.1) is 8.31 Å². The first-order chi connectivity index (χ1) is 5.59. The molecule has 12 heavy (non-hydrogen) atoms. The monoisotopic (exact) mass is 311 g/mol. The highest BCUT2D eigenvalue weighted by Gasteiger charge is 2.07. The van der Waals surface area contributed by atoms with Crippen LogP contribution in [0.4, 0.5) is 5.00 Å². The first-order valence-corrected chi connectivity index (χ1v) is 5.27. The van der Waals surface area contributed by atoms with Crippen molar-refractivity contribution in [1.29, 1.82) is 0 Å². The third-order valence-corrected chi connectivity index (χ3v) is 2.49. The molecule has 1 heterocycles. The fraction of sp³-hybridized carbons (Fsp3) is 0. The molecule has 0 aliphatic carbocycles. The predicted molar refractivity (Wildman–Crippen MR) is 56.8 cm³/mol. The van der Waals surface area contributed by atoms with E-state index in [0.29, 0.717) is 0 Å². The van der Waals surface area contributed by atoms with Crippen LogP contribution in [0.5, 0.6) is 0 Å². The van der Waals surface area contributed by atoms with Crippen LogP contribution in [-0.2, 0) is 0 Å². The summed E-state index contributed by atoms with van der Waals surface area (Å²) in [6, 6.07) is 3.19. The highest BCUT2D eigenvalue weighted by Crippen LogP contribution is 2.28. The molecule has 0 fully saturated rings. The van der Waals surface area contributed by atoms with Crippen molar-refractivity contribution in [2.24, 2.45) is 0 Å². The van der Waals surface area contributed by atoms with E-state index in [9.17, 15) is 10.1 Å². The van der Waals surface area contributed by atoms with Gasteiger partial charge in [0.25, 0.3) is 0 Å². The van der Waals surface area contributed by atoms with Crippen molar-refractivity contribution in [3.05, 3.63) is 30.5 Å². The second-order valence-electron chi connectivity index (χ2n) is 1.87. The zero-order chi connectivity index (χ0) is 9.14. The molecule has 0 aromatic carbocycles. The van der Waals surface area contributed by atoms with Crippen molar-refractivity contribution in [2.45, 2.75) is 0 Å². The van der Waals surface area contributed by atoms with E-state index in [1.54, 1.807) is 12.1 Å². The van der Waals surface area contributed by atoms with Crippen LogP contribution in [-0.4, -0.2) is 4.92 Å². The summed E-state index contributed by atoms with van der Waals surface area (Å²) >= 11 is 7.48. The number of rotatable bonds is 2. The molecule has 0 spiro atoms. The average Bonchev–Trinajstić information content (AvgIpc) is 2.34. The van der Waals surface area contributed by atoms with Gasteiger partial charge >= 0.3 is 5.00 Å². The topological polar surface area (TPSA) is 43.1 Å². The van der Waals surface area contributed by atoms with Crippen molar-refractivity contribution in [3.63, 3.8) is 0 Å². The molecule has 0 N–H and O–H groups in total. The van der Waals surface area contributed by atoms with Gasteiger partial charge in [0.15, 0.2) is 0 Å². The van der Waals surface area contributed by atoms with E-state index in [1.165, 1.54) is 6.07 Å². The maximum atomic E-state index is 10.3. The number of hydrogen-bond donors (Lipinski definition) is 0. The molecule has 3 nitrogen and oxygen atoms in total. The predicted octanol–water partition coefficient (Wildman–Crippen LogP) is 3.74. The summed E-state index contributed by atoms with van der Waals surface area (Å²) in [6.45, 7) is 0. The van der Waals surface area contributed by atoms with Crippen molar-refractivity contribution in [3.8, 4) is 0 Å². The molecular weight excluding hydrogens is 310 g/mol. The standard InChI is InChI=1S/C6H3Br2NO2S/c7-5(8)3-4-1-2-6(12-4)9(10)11/h1-3H. The van der Waals surface area contributed by atoms with Crippen molar-refractivity contribution < 1.29 is 4.92 Å². The van der Waals surface area contributed by atoms with E-state index in [-0.39, 0.29) is 5.00 Å². The first kappa shape index (κ1) is 9.88. The SMILES string of the molecule is O=[N+]([O-])c1ccc(C=C(Br)Br)s1. The van der Waals surface area contributed by atoms with Gasteiger partial charge in [-0.2, -0.15) is 0 Å². The van der Waals surface area contributed by atoms with Gasteiger partial charge in [-0.1, -0.05) is 11.3 Å². The average molecular weight is 313 g/mol. The maximum Gasteiger partial charge on any atom is 0.324 e. The van der Waals surface area contributed by atoms with Gasteiger partial charge in [-0.25, -0.2) is 0 Å². The van der Waals surface area contributed by atoms with Crippen molar-refractivity contribution in [1.82, 2.24) is 0 Å². The Hall–Kier alpha value is -0.200. The van der Waals surface area contributed by atoms with Gasteiger partial charge < -0.3 is 0 Å². The third kappa shape index (κ3) is 2.69. The lowest BCUT2D eigenvalue weighted by molar-refractivity contribution is -0.380. The Kier molecular flexibility index (Phi) is 3.42. The molecule has 0 aliphatic heterocycles. The van der Waals surface area contributed by atoms with E-state index in [4.69, 9.17) is 0 Å². The van der Waals surface area contributed by atoms with Crippen LogP contribution >= 0.6 is 43.2 Å². The minimum Gasteiger partial charge on any atom is -0.258 e. The number of halogens is 2. The lowest BCUT2D eigenvalue weighted by Crippen LogP contribution is -1.80.